The first-order valence-electron chi connectivity index (χ1n) is 6.37. The Morgan fingerprint density at radius 2 is 2.05 bits per heavy atom. The number of carbonyl (C=O) groups excluding carboxylic acids is 2. The molecule has 0 aliphatic rings. The van der Waals surface area contributed by atoms with Gasteiger partial charge in [0.05, 0.1) is 7.11 Å². The molecule has 0 aromatic heterocycles. The van der Waals surface area contributed by atoms with Crippen LogP contribution in [0.25, 0.3) is 0 Å². The quantitative estimate of drug-likeness (QED) is 0.833. The van der Waals surface area contributed by atoms with E-state index in [-0.39, 0.29) is 24.9 Å². The number of alkyl carbamates (subject to hydrolysis) is 1. The largest absolute Gasteiger partial charge is 0.453 e. The highest BCUT2D eigenvalue weighted by Gasteiger charge is 2.10. The van der Waals surface area contributed by atoms with E-state index in [1.54, 1.807) is 0 Å². The summed E-state index contributed by atoms with van der Waals surface area (Å²) in [6, 6.07) is 7.94. The summed E-state index contributed by atoms with van der Waals surface area (Å²) in [5.41, 5.74) is 1.15. The number of amides is 2. The van der Waals surface area contributed by atoms with Crippen LogP contribution in [0, 0.1) is 0 Å². The van der Waals surface area contributed by atoms with E-state index in [0.29, 0.717) is 0 Å². The number of benzene rings is 1. The van der Waals surface area contributed by atoms with Crippen LogP contribution in [-0.4, -0.2) is 31.7 Å². The second-order valence-corrected chi connectivity index (χ2v) is 5.29. The lowest BCUT2D eigenvalue weighted by atomic mass is 10.1. The lowest BCUT2D eigenvalue weighted by molar-refractivity contribution is -0.121. The van der Waals surface area contributed by atoms with Gasteiger partial charge in [0.25, 0.3) is 0 Å². The Bertz CT molecular complexity index is 465. The predicted molar refractivity (Wildman–Crippen MR) is 80.5 cm³/mol. The summed E-state index contributed by atoms with van der Waals surface area (Å²) in [7, 11) is 1.29. The number of rotatable bonds is 6. The highest BCUT2D eigenvalue weighted by Crippen LogP contribution is 2.17. The highest BCUT2D eigenvalue weighted by molar-refractivity contribution is 9.10. The van der Waals surface area contributed by atoms with Gasteiger partial charge in [0.15, 0.2) is 0 Å². The molecule has 1 aromatic carbocycles. The van der Waals surface area contributed by atoms with Crippen molar-refractivity contribution in [2.24, 2.45) is 0 Å². The molecule has 1 atom stereocenters. The van der Waals surface area contributed by atoms with Crippen LogP contribution in [0.15, 0.2) is 28.7 Å². The molecule has 0 fully saturated rings. The van der Waals surface area contributed by atoms with E-state index in [0.717, 1.165) is 16.5 Å². The number of halogens is 1. The van der Waals surface area contributed by atoms with Crippen molar-refractivity contribution in [3.63, 3.8) is 0 Å². The molecule has 1 aromatic rings. The average Bonchev–Trinajstić information content (AvgIpc) is 2.41. The van der Waals surface area contributed by atoms with Gasteiger partial charge in [0.1, 0.15) is 0 Å². The van der Waals surface area contributed by atoms with Gasteiger partial charge < -0.3 is 15.4 Å². The number of methoxy groups -OCH3 is 1. The van der Waals surface area contributed by atoms with Crippen LogP contribution in [0.3, 0.4) is 0 Å². The lowest BCUT2D eigenvalue weighted by Crippen LogP contribution is -2.36. The number of hydrogen-bond acceptors (Lipinski definition) is 3. The summed E-state index contributed by atoms with van der Waals surface area (Å²) < 4.78 is 5.45. The van der Waals surface area contributed by atoms with Gasteiger partial charge in [0, 0.05) is 23.5 Å². The van der Waals surface area contributed by atoms with Gasteiger partial charge in [-0.2, -0.15) is 0 Å². The second kappa shape index (κ2) is 8.58. The topological polar surface area (TPSA) is 67.4 Å². The maximum atomic E-state index is 11.7. The zero-order chi connectivity index (χ0) is 15.0. The Hall–Kier alpha value is -1.56. The number of nitrogens with one attached hydrogen (secondary N) is 2. The average molecular weight is 343 g/mol. The van der Waals surface area contributed by atoms with Crippen LogP contribution in [0.2, 0.25) is 0 Å². The normalized spacial score (nSPS) is 11.6. The molecular formula is C14H19BrN2O3. The van der Waals surface area contributed by atoms with Gasteiger partial charge in [-0.25, -0.2) is 4.79 Å². The van der Waals surface area contributed by atoms with E-state index in [1.165, 1.54) is 7.11 Å². The first-order valence-corrected chi connectivity index (χ1v) is 7.16. The summed E-state index contributed by atoms with van der Waals surface area (Å²) in [6.45, 7) is 2.21. The maximum absolute atomic E-state index is 11.7. The Kier molecular flexibility index (Phi) is 7.08. The Morgan fingerprint density at radius 1 is 1.35 bits per heavy atom. The minimum atomic E-state index is -0.529. The smallest absolute Gasteiger partial charge is 0.406 e. The molecule has 2 amide bonds. The van der Waals surface area contributed by atoms with E-state index < -0.39 is 6.09 Å². The highest BCUT2D eigenvalue weighted by atomic mass is 79.9. The molecule has 0 spiro atoms. The molecule has 1 rings (SSSR count). The van der Waals surface area contributed by atoms with Crippen LogP contribution >= 0.6 is 15.9 Å². The van der Waals surface area contributed by atoms with Crippen LogP contribution in [0.4, 0.5) is 4.79 Å². The molecule has 20 heavy (non-hydrogen) atoms. The number of carbonyl (C=O) groups is 2. The minimum Gasteiger partial charge on any atom is -0.453 e. The molecule has 0 saturated heterocycles. The molecule has 0 bridgehead atoms. The number of ether oxygens (including phenoxy) is 1. The van der Waals surface area contributed by atoms with Crippen molar-refractivity contribution in [1.82, 2.24) is 10.6 Å². The van der Waals surface area contributed by atoms with Crippen molar-refractivity contribution in [2.75, 3.05) is 13.7 Å². The second-order valence-electron chi connectivity index (χ2n) is 4.43. The molecule has 2 N–H and O–H groups in total. The zero-order valence-electron chi connectivity index (χ0n) is 11.6. The van der Waals surface area contributed by atoms with Gasteiger partial charge in [-0.05, 0) is 25.0 Å². The summed E-state index contributed by atoms with van der Waals surface area (Å²) in [6.07, 6.45) is 0.451. The molecule has 6 heteroatoms. The summed E-state index contributed by atoms with van der Waals surface area (Å²) in [5, 5.41) is 5.36. The Labute approximate surface area is 127 Å². The molecule has 110 valence electrons. The van der Waals surface area contributed by atoms with Crippen LogP contribution in [0.5, 0.6) is 0 Å². The molecule has 5 nitrogen and oxygen atoms in total. The molecule has 0 heterocycles. The third kappa shape index (κ3) is 6.06. The fourth-order valence-electron chi connectivity index (χ4n) is 1.74. The van der Waals surface area contributed by atoms with Crippen LogP contribution in [0.1, 0.15) is 18.9 Å². The molecule has 1 unspecified atom stereocenters. The monoisotopic (exact) mass is 342 g/mol. The van der Waals surface area contributed by atoms with E-state index in [1.807, 2.05) is 31.2 Å². The van der Waals surface area contributed by atoms with E-state index in [4.69, 9.17) is 0 Å². The van der Waals surface area contributed by atoms with E-state index >= 15 is 0 Å². The van der Waals surface area contributed by atoms with Crippen molar-refractivity contribution in [3.8, 4) is 0 Å². The van der Waals surface area contributed by atoms with Gasteiger partial charge in [0.2, 0.25) is 5.91 Å². The van der Waals surface area contributed by atoms with Crippen molar-refractivity contribution in [2.45, 2.75) is 25.8 Å². The fourth-order valence-corrected chi connectivity index (χ4v) is 2.19. The Morgan fingerprint density at radius 3 is 2.70 bits per heavy atom. The fraction of sp³-hybridized carbons (Fsp3) is 0.429. The minimum absolute atomic E-state index is 0.0272. The summed E-state index contributed by atoms with van der Waals surface area (Å²) in [4.78, 5) is 22.5. The molecule has 0 aliphatic heterocycles. The van der Waals surface area contributed by atoms with Crippen molar-refractivity contribution in [1.29, 1.82) is 0 Å². The third-order valence-corrected chi connectivity index (χ3v) is 3.47. The zero-order valence-corrected chi connectivity index (χ0v) is 13.2. The van der Waals surface area contributed by atoms with Gasteiger partial charge >= 0.3 is 6.09 Å². The first kappa shape index (κ1) is 16.5. The predicted octanol–water partition coefficient (Wildman–Crippen LogP) is 2.24. The number of hydrogen-bond donors (Lipinski definition) is 2. The van der Waals surface area contributed by atoms with Gasteiger partial charge in [-0.3, -0.25) is 4.79 Å². The SMILES string of the molecule is COC(=O)NCCC(=O)NC(C)Cc1ccccc1Br. The molecule has 0 radical (unpaired) electrons. The Balaban J connectivity index is 2.31. The van der Waals surface area contributed by atoms with E-state index in [2.05, 4.69) is 31.3 Å². The van der Waals surface area contributed by atoms with Gasteiger partial charge in [-0.1, -0.05) is 34.1 Å². The first-order chi connectivity index (χ1) is 9.52. The standard InChI is InChI=1S/C14H19BrN2O3/c1-10(9-11-5-3-4-6-12(11)15)17-13(18)7-8-16-14(19)20-2/h3-6,10H,7-9H2,1-2H3,(H,16,19)(H,17,18). The molecule has 0 aliphatic carbocycles. The lowest BCUT2D eigenvalue weighted by Gasteiger charge is -2.15. The van der Waals surface area contributed by atoms with Crippen LogP contribution < -0.4 is 10.6 Å². The summed E-state index contributed by atoms with van der Waals surface area (Å²) in [5.74, 6) is -0.0963. The van der Waals surface area contributed by atoms with Crippen molar-refractivity contribution < 1.29 is 14.3 Å². The third-order valence-electron chi connectivity index (χ3n) is 2.70. The molecular weight excluding hydrogens is 324 g/mol. The van der Waals surface area contributed by atoms with Crippen molar-refractivity contribution in [3.05, 3.63) is 34.3 Å². The summed E-state index contributed by atoms with van der Waals surface area (Å²) >= 11 is 3.48. The molecule has 0 saturated carbocycles. The van der Waals surface area contributed by atoms with Crippen molar-refractivity contribution >= 4 is 27.9 Å². The van der Waals surface area contributed by atoms with Gasteiger partial charge in [-0.15, -0.1) is 0 Å². The maximum Gasteiger partial charge on any atom is 0.406 e. The van der Waals surface area contributed by atoms with Crippen LogP contribution in [-0.2, 0) is 16.0 Å². The van der Waals surface area contributed by atoms with E-state index in [9.17, 15) is 9.59 Å².